The highest BCUT2D eigenvalue weighted by Crippen LogP contribution is 2.04. The lowest BCUT2D eigenvalue weighted by molar-refractivity contribution is -0.136. The highest BCUT2D eigenvalue weighted by molar-refractivity contribution is 5.79. The van der Waals surface area contributed by atoms with E-state index in [9.17, 15) is 4.79 Å². The summed E-state index contributed by atoms with van der Waals surface area (Å²) in [6, 6.07) is 0. The number of ether oxygens (including phenoxy) is 2. The Labute approximate surface area is 90.5 Å². The van der Waals surface area contributed by atoms with Crippen molar-refractivity contribution >= 4 is 5.91 Å². The predicted octanol–water partition coefficient (Wildman–Crippen LogP) is -0.486. The number of morpholine rings is 1. The molecule has 1 aliphatic heterocycles. The van der Waals surface area contributed by atoms with E-state index in [0.717, 1.165) is 13.1 Å². The smallest absolute Gasteiger partial charge is 0.248 e. The van der Waals surface area contributed by atoms with Crippen molar-refractivity contribution in [1.82, 2.24) is 10.6 Å². The van der Waals surface area contributed by atoms with E-state index in [2.05, 4.69) is 10.6 Å². The molecular weight excluding hydrogens is 196 g/mol. The molecule has 0 spiro atoms. The second kappa shape index (κ2) is 6.05. The fourth-order valence-electron chi connectivity index (χ4n) is 1.50. The van der Waals surface area contributed by atoms with Crippen molar-refractivity contribution in [1.29, 1.82) is 0 Å². The van der Waals surface area contributed by atoms with E-state index in [1.54, 1.807) is 14.0 Å². The van der Waals surface area contributed by atoms with E-state index in [-0.39, 0.29) is 18.1 Å². The van der Waals surface area contributed by atoms with Crippen molar-refractivity contribution in [2.75, 3.05) is 26.7 Å². The summed E-state index contributed by atoms with van der Waals surface area (Å²) < 4.78 is 11.0. The largest absolute Gasteiger partial charge is 0.370 e. The fourth-order valence-corrected chi connectivity index (χ4v) is 1.50. The SMILES string of the molecule is CNC(=O)C(C)OCC1CNCC(C)O1. The normalized spacial score (nSPS) is 28.5. The molecule has 0 bridgehead atoms. The van der Waals surface area contributed by atoms with Crippen LogP contribution in [0.4, 0.5) is 0 Å². The summed E-state index contributed by atoms with van der Waals surface area (Å²) in [5.41, 5.74) is 0. The van der Waals surface area contributed by atoms with Crippen LogP contribution in [0.1, 0.15) is 13.8 Å². The van der Waals surface area contributed by atoms with Gasteiger partial charge in [-0.25, -0.2) is 0 Å². The Kier molecular flexibility index (Phi) is 5.01. The first-order chi connectivity index (χ1) is 7.13. The van der Waals surface area contributed by atoms with E-state index in [1.807, 2.05) is 6.92 Å². The van der Waals surface area contributed by atoms with Gasteiger partial charge in [0, 0.05) is 20.1 Å². The molecule has 88 valence electrons. The Bertz CT molecular complexity index is 211. The molecule has 3 atom stereocenters. The predicted molar refractivity (Wildman–Crippen MR) is 56.7 cm³/mol. The van der Waals surface area contributed by atoms with Crippen LogP contribution in [0, 0.1) is 0 Å². The molecule has 1 amide bonds. The van der Waals surface area contributed by atoms with E-state index in [4.69, 9.17) is 9.47 Å². The molecule has 1 heterocycles. The third kappa shape index (κ3) is 4.15. The highest BCUT2D eigenvalue weighted by Gasteiger charge is 2.20. The number of hydrogen-bond acceptors (Lipinski definition) is 4. The first-order valence-electron chi connectivity index (χ1n) is 5.33. The molecule has 0 aromatic rings. The monoisotopic (exact) mass is 216 g/mol. The Morgan fingerprint density at radius 1 is 1.67 bits per heavy atom. The lowest BCUT2D eigenvalue weighted by Crippen LogP contribution is -2.46. The minimum Gasteiger partial charge on any atom is -0.370 e. The van der Waals surface area contributed by atoms with E-state index < -0.39 is 6.10 Å². The molecule has 1 rings (SSSR count). The second-order valence-corrected chi connectivity index (χ2v) is 3.82. The van der Waals surface area contributed by atoms with E-state index >= 15 is 0 Å². The minimum absolute atomic E-state index is 0.0425. The zero-order valence-electron chi connectivity index (χ0n) is 9.58. The van der Waals surface area contributed by atoms with Crippen LogP contribution in [0.15, 0.2) is 0 Å². The quantitative estimate of drug-likeness (QED) is 0.666. The number of carbonyl (C=O) groups excluding carboxylic acids is 1. The number of likely N-dealkylation sites (N-methyl/N-ethyl adjacent to an activating group) is 1. The zero-order chi connectivity index (χ0) is 11.3. The summed E-state index contributed by atoms with van der Waals surface area (Å²) in [7, 11) is 1.60. The van der Waals surface area contributed by atoms with Gasteiger partial charge in [-0.05, 0) is 13.8 Å². The summed E-state index contributed by atoms with van der Waals surface area (Å²) in [6.07, 6.45) is -0.167. The average Bonchev–Trinajstić information content (AvgIpc) is 2.25. The Morgan fingerprint density at radius 3 is 3.00 bits per heavy atom. The molecule has 0 aromatic carbocycles. The zero-order valence-corrected chi connectivity index (χ0v) is 9.58. The minimum atomic E-state index is -0.421. The molecule has 0 saturated carbocycles. The maximum Gasteiger partial charge on any atom is 0.248 e. The van der Waals surface area contributed by atoms with Gasteiger partial charge in [0.15, 0.2) is 0 Å². The lowest BCUT2D eigenvalue weighted by Gasteiger charge is -2.29. The van der Waals surface area contributed by atoms with E-state index in [1.165, 1.54) is 0 Å². The van der Waals surface area contributed by atoms with Crippen LogP contribution in [0.2, 0.25) is 0 Å². The lowest BCUT2D eigenvalue weighted by atomic mass is 10.2. The van der Waals surface area contributed by atoms with Crippen LogP contribution in [-0.4, -0.2) is 51.0 Å². The number of hydrogen-bond donors (Lipinski definition) is 2. The highest BCUT2D eigenvalue weighted by atomic mass is 16.5. The van der Waals surface area contributed by atoms with Crippen LogP contribution < -0.4 is 10.6 Å². The molecule has 5 heteroatoms. The van der Waals surface area contributed by atoms with Crippen molar-refractivity contribution in [2.24, 2.45) is 0 Å². The van der Waals surface area contributed by atoms with Gasteiger partial charge in [-0.15, -0.1) is 0 Å². The summed E-state index contributed by atoms with van der Waals surface area (Å²) >= 11 is 0. The molecule has 0 radical (unpaired) electrons. The van der Waals surface area contributed by atoms with Crippen LogP contribution in [0.5, 0.6) is 0 Å². The molecule has 0 aliphatic carbocycles. The van der Waals surface area contributed by atoms with Crippen molar-refractivity contribution in [2.45, 2.75) is 32.2 Å². The van der Waals surface area contributed by atoms with Crippen LogP contribution in [0.25, 0.3) is 0 Å². The molecule has 1 fully saturated rings. The molecular formula is C10H20N2O3. The van der Waals surface area contributed by atoms with Gasteiger partial charge in [0.2, 0.25) is 5.91 Å². The summed E-state index contributed by atoms with van der Waals surface area (Å²) in [4.78, 5) is 11.2. The number of carbonyl (C=O) groups is 1. The van der Waals surface area contributed by atoms with Gasteiger partial charge < -0.3 is 20.1 Å². The molecule has 0 aromatic heterocycles. The molecule has 5 nitrogen and oxygen atoms in total. The Morgan fingerprint density at radius 2 is 2.40 bits per heavy atom. The maximum absolute atomic E-state index is 11.2. The van der Waals surface area contributed by atoms with Crippen LogP contribution in [-0.2, 0) is 14.3 Å². The number of nitrogens with one attached hydrogen (secondary N) is 2. The van der Waals surface area contributed by atoms with Crippen LogP contribution >= 0.6 is 0 Å². The molecule has 3 unspecified atom stereocenters. The summed E-state index contributed by atoms with van der Waals surface area (Å²) in [6.45, 7) is 5.86. The first kappa shape index (κ1) is 12.4. The van der Waals surface area contributed by atoms with Gasteiger partial charge in [0.1, 0.15) is 6.10 Å². The maximum atomic E-state index is 11.2. The topological polar surface area (TPSA) is 59.6 Å². The first-order valence-corrected chi connectivity index (χ1v) is 5.33. The Balaban J connectivity index is 2.21. The van der Waals surface area contributed by atoms with Crippen molar-refractivity contribution in [3.8, 4) is 0 Å². The summed E-state index contributed by atoms with van der Waals surface area (Å²) in [5, 5.41) is 5.79. The second-order valence-electron chi connectivity index (χ2n) is 3.82. The van der Waals surface area contributed by atoms with Gasteiger partial charge >= 0.3 is 0 Å². The Hall–Kier alpha value is -0.650. The summed E-state index contributed by atoms with van der Waals surface area (Å²) in [5.74, 6) is -0.105. The molecule has 2 N–H and O–H groups in total. The number of amides is 1. The van der Waals surface area contributed by atoms with Crippen LogP contribution in [0.3, 0.4) is 0 Å². The number of rotatable bonds is 4. The van der Waals surface area contributed by atoms with Gasteiger partial charge in [0.05, 0.1) is 18.8 Å². The van der Waals surface area contributed by atoms with Gasteiger partial charge in [0.25, 0.3) is 0 Å². The molecule has 1 saturated heterocycles. The van der Waals surface area contributed by atoms with Gasteiger partial charge in [-0.2, -0.15) is 0 Å². The molecule has 1 aliphatic rings. The standard InChI is InChI=1S/C10H20N2O3/c1-7-4-12-5-9(15-7)6-14-8(2)10(13)11-3/h7-9,12H,4-6H2,1-3H3,(H,11,13). The van der Waals surface area contributed by atoms with Crippen molar-refractivity contribution in [3.63, 3.8) is 0 Å². The van der Waals surface area contributed by atoms with Gasteiger partial charge in [-0.1, -0.05) is 0 Å². The average molecular weight is 216 g/mol. The van der Waals surface area contributed by atoms with Crippen molar-refractivity contribution in [3.05, 3.63) is 0 Å². The molecule has 15 heavy (non-hydrogen) atoms. The van der Waals surface area contributed by atoms with E-state index in [0.29, 0.717) is 6.61 Å². The van der Waals surface area contributed by atoms with Crippen molar-refractivity contribution < 1.29 is 14.3 Å². The third-order valence-electron chi connectivity index (χ3n) is 2.38. The third-order valence-corrected chi connectivity index (χ3v) is 2.38. The van der Waals surface area contributed by atoms with Gasteiger partial charge in [-0.3, -0.25) is 4.79 Å². The fraction of sp³-hybridized carbons (Fsp3) is 0.900.